The van der Waals surface area contributed by atoms with E-state index in [1.54, 1.807) is 6.07 Å². The van der Waals surface area contributed by atoms with Gasteiger partial charge in [-0.1, -0.05) is 0 Å². The standard InChI is InChI=1S/C14H22N4O2/c1-16-4-6-17(7-5-16)12-9-14(19)18(15-10-12)11-13-3-2-8-20-13/h9-10,13H,2-8,11H2,1H3. The zero-order valence-electron chi connectivity index (χ0n) is 12.0. The first kappa shape index (κ1) is 13.6. The fourth-order valence-electron chi connectivity index (χ4n) is 2.78. The van der Waals surface area contributed by atoms with Crippen molar-refractivity contribution >= 4 is 5.69 Å². The van der Waals surface area contributed by atoms with Gasteiger partial charge >= 0.3 is 0 Å². The smallest absolute Gasteiger partial charge is 0.268 e. The van der Waals surface area contributed by atoms with Crippen LogP contribution in [-0.4, -0.2) is 60.6 Å². The minimum absolute atomic E-state index is 0.0306. The first-order chi connectivity index (χ1) is 9.72. The molecule has 1 atom stereocenters. The average molecular weight is 278 g/mol. The molecule has 1 aromatic heterocycles. The maximum absolute atomic E-state index is 12.1. The monoisotopic (exact) mass is 278 g/mol. The van der Waals surface area contributed by atoms with Crippen LogP contribution in [0.4, 0.5) is 5.69 Å². The van der Waals surface area contributed by atoms with Crippen molar-refractivity contribution in [2.45, 2.75) is 25.5 Å². The van der Waals surface area contributed by atoms with Crippen LogP contribution < -0.4 is 10.5 Å². The molecule has 0 radical (unpaired) electrons. The summed E-state index contributed by atoms with van der Waals surface area (Å²) in [6.07, 6.45) is 4.06. The van der Waals surface area contributed by atoms with Crippen molar-refractivity contribution in [1.29, 1.82) is 0 Å². The lowest BCUT2D eigenvalue weighted by atomic mass is 10.2. The molecular weight excluding hydrogens is 256 g/mol. The molecule has 0 amide bonds. The summed E-state index contributed by atoms with van der Waals surface area (Å²) in [6, 6.07) is 1.70. The van der Waals surface area contributed by atoms with Gasteiger partial charge in [-0.2, -0.15) is 5.10 Å². The fraction of sp³-hybridized carbons (Fsp3) is 0.714. The van der Waals surface area contributed by atoms with Crippen LogP contribution >= 0.6 is 0 Å². The van der Waals surface area contributed by atoms with Crippen LogP contribution in [0.25, 0.3) is 0 Å². The molecule has 6 heteroatoms. The van der Waals surface area contributed by atoms with Gasteiger partial charge in [-0.05, 0) is 19.9 Å². The third kappa shape index (κ3) is 3.02. The molecule has 6 nitrogen and oxygen atoms in total. The molecule has 0 spiro atoms. The number of anilines is 1. The Morgan fingerprint density at radius 1 is 1.35 bits per heavy atom. The zero-order valence-corrected chi connectivity index (χ0v) is 12.0. The van der Waals surface area contributed by atoms with Crippen LogP contribution in [0.15, 0.2) is 17.1 Å². The summed E-state index contributed by atoms with van der Waals surface area (Å²) in [4.78, 5) is 16.7. The van der Waals surface area contributed by atoms with E-state index in [0.29, 0.717) is 6.54 Å². The van der Waals surface area contributed by atoms with Crippen molar-refractivity contribution in [1.82, 2.24) is 14.7 Å². The van der Waals surface area contributed by atoms with E-state index >= 15 is 0 Å². The van der Waals surface area contributed by atoms with Crippen molar-refractivity contribution in [3.05, 3.63) is 22.6 Å². The van der Waals surface area contributed by atoms with E-state index in [1.165, 1.54) is 4.68 Å². The van der Waals surface area contributed by atoms with Gasteiger partial charge in [0.1, 0.15) is 0 Å². The summed E-state index contributed by atoms with van der Waals surface area (Å²) in [5.74, 6) is 0. The number of likely N-dealkylation sites (N-methyl/N-ethyl adjacent to an activating group) is 1. The highest BCUT2D eigenvalue weighted by atomic mass is 16.5. The number of hydrogen-bond acceptors (Lipinski definition) is 5. The van der Waals surface area contributed by atoms with Gasteiger partial charge in [0.05, 0.1) is 24.5 Å². The largest absolute Gasteiger partial charge is 0.376 e. The topological polar surface area (TPSA) is 50.6 Å². The van der Waals surface area contributed by atoms with Crippen molar-refractivity contribution in [3.8, 4) is 0 Å². The van der Waals surface area contributed by atoms with E-state index < -0.39 is 0 Å². The van der Waals surface area contributed by atoms with Gasteiger partial charge in [-0.15, -0.1) is 0 Å². The second-order valence-corrected chi connectivity index (χ2v) is 5.66. The van der Waals surface area contributed by atoms with E-state index in [0.717, 1.165) is 51.3 Å². The van der Waals surface area contributed by atoms with E-state index in [-0.39, 0.29) is 11.7 Å². The highest BCUT2D eigenvalue weighted by molar-refractivity contribution is 5.43. The summed E-state index contributed by atoms with van der Waals surface area (Å²) in [5, 5.41) is 4.30. The summed E-state index contributed by atoms with van der Waals surface area (Å²) < 4.78 is 7.08. The minimum atomic E-state index is -0.0306. The molecule has 2 saturated heterocycles. The van der Waals surface area contributed by atoms with E-state index in [1.807, 2.05) is 6.20 Å². The SMILES string of the molecule is CN1CCN(c2cnn(CC3CCCO3)c(=O)c2)CC1. The van der Waals surface area contributed by atoms with E-state index in [4.69, 9.17) is 4.74 Å². The third-order valence-electron chi connectivity index (χ3n) is 4.12. The molecule has 1 aromatic rings. The molecule has 0 aliphatic carbocycles. The molecule has 2 fully saturated rings. The Bertz CT molecular complexity index is 502. The molecule has 110 valence electrons. The van der Waals surface area contributed by atoms with Gasteiger partial charge in [-0.25, -0.2) is 4.68 Å². The highest BCUT2D eigenvalue weighted by Crippen LogP contribution is 2.14. The van der Waals surface area contributed by atoms with Gasteiger partial charge in [0.25, 0.3) is 5.56 Å². The highest BCUT2D eigenvalue weighted by Gasteiger charge is 2.18. The molecule has 3 heterocycles. The summed E-state index contributed by atoms with van der Waals surface area (Å²) in [5.41, 5.74) is 0.906. The third-order valence-corrected chi connectivity index (χ3v) is 4.12. The molecular formula is C14H22N4O2. The van der Waals surface area contributed by atoms with Crippen LogP contribution in [0.3, 0.4) is 0 Å². The molecule has 2 aliphatic heterocycles. The number of ether oxygens (including phenoxy) is 1. The Hall–Kier alpha value is -1.40. The normalized spacial score (nSPS) is 24.2. The number of aromatic nitrogens is 2. The maximum atomic E-state index is 12.1. The fourth-order valence-corrected chi connectivity index (χ4v) is 2.78. The molecule has 2 aliphatic rings. The second-order valence-electron chi connectivity index (χ2n) is 5.66. The first-order valence-electron chi connectivity index (χ1n) is 7.34. The van der Waals surface area contributed by atoms with Crippen LogP contribution in [0.1, 0.15) is 12.8 Å². The van der Waals surface area contributed by atoms with Gasteiger partial charge in [0.2, 0.25) is 0 Å². The first-order valence-corrected chi connectivity index (χ1v) is 7.34. The molecule has 1 unspecified atom stereocenters. The molecule has 0 saturated carbocycles. The van der Waals surface area contributed by atoms with Gasteiger partial charge in [-0.3, -0.25) is 4.79 Å². The van der Waals surface area contributed by atoms with Gasteiger partial charge in [0, 0.05) is 38.9 Å². The van der Waals surface area contributed by atoms with Gasteiger partial charge < -0.3 is 14.5 Å². The Balaban J connectivity index is 1.68. The lowest BCUT2D eigenvalue weighted by Gasteiger charge is -2.33. The van der Waals surface area contributed by atoms with Gasteiger partial charge in [0.15, 0.2) is 0 Å². The quantitative estimate of drug-likeness (QED) is 0.789. The Kier molecular flexibility index (Phi) is 4.03. The van der Waals surface area contributed by atoms with Crippen molar-refractivity contribution in [2.75, 3.05) is 44.7 Å². The Morgan fingerprint density at radius 2 is 2.15 bits per heavy atom. The van der Waals surface area contributed by atoms with Crippen molar-refractivity contribution < 1.29 is 4.74 Å². The van der Waals surface area contributed by atoms with Crippen LogP contribution in [-0.2, 0) is 11.3 Å². The van der Waals surface area contributed by atoms with E-state index in [2.05, 4.69) is 21.9 Å². The Morgan fingerprint density at radius 3 is 2.80 bits per heavy atom. The second kappa shape index (κ2) is 5.93. The van der Waals surface area contributed by atoms with Crippen molar-refractivity contribution in [2.24, 2.45) is 0 Å². The van der Waals surface area contributed by atoms with Crippen LogP contribution in [0, 0.1) is 0 Å². The molecule has 0 bridgehead atoms. The van der Waals surface area contributed by atoms with Crippen LogP contribution in [0.2, 0.25) is 0 Å². The summed E-state index contributed by atoms with van der Waals surface area (Å²) >= 11 is 0. The number of rotatable bonds is 3. The summed E-state index contributed by atoms with van der Waals surface area (Å²) in [6.45, 7) is 5.33. The Labute approximate surface area is 118 Å². The van der Waals surface area contributed by atoms with Crippen molar-refractivity contribution in [3.63, 3.8) is 0 Å². The zero-order chi connectivity index (χ0) is 13.9. The number of piperazine rings is 1. The summed E-state index contributed by atoms with van der Waals surface area (Å²) in [7, 11) is 2.12. The molecule has 3 rings (SSSR count). The predicted octanol–water partition coefficient (Wildman–Crippen LogP) is 0.174. The molecule has 0 aromatic carbocycles. The number of nitrogens with zero attached hydrogens (tertiary/aromatic N) is 4. The molecule has 20 heavy (non-hydrogen) atoms. The minimum Gasteiger partial charge on any atom is -0.376 e. The number of hydrogen-bond donors (Lipinski definition) is 0. The van der Waals surface area contributed by atoms with Crippen LogP contribution in [0.5, 0.6) is 0 Å². The molecule has 0 N–H and O–H groups in total. The lowest BCUT2D eigenvalue weighted by molar-refractivity contribution is 0.0927. The maximum Gasteiger partial charge on any atom is 0.268 e. The van der Waals surface area contributed by atoms with E-state index in [9.17, 15) is 4.79 Å². The lowest BCUT2D eigenvalue weighted by Crippen LogP contribution is -2.45. The average Bonchev–Trinajstić information content (AvgIpc) is 2.95. The predicted molar refractivity (Wildman–Crippen MR) is 77.2 cm³/mol.